The van der Waals surface area contributed by atoms with Crippen LogP contribution in [-0.2, 0) is 0 Å². The maximum absolute atomic E-state index is 10.5. The van der Waals surface area contributed by atoms with Crippen LogP contribution in [0.3, 0.4) is 0 Å². The fraction of sp³-hybridized carbons (Fsp3) is 1.00. The number of aliphatic hydroxyl groups excluding tert-OH is 1. The van der Waals surface area contributed by atoms with E-state index >= 15 is 0 Å². The van der Waals surface area contributed by atoms with E-state index in [9.17, 15) is 5.11 Å². The van der Waals surface area contributed by atoms with Crippen molar-refractivity contribution < 1.29 is 5.11 Å². The average molecular weight is 266 g/mol. The van der Waals surface area contributed by atoms with Gasteiger partial charge in [0.25, 0.3) is 0 Å². The molecule has 0 aromatic carbocycles. The summed E-state index contributed by atoms with van der Waals surface area (Å²) in [4.78, 5) is 5.33. The minimum Gasteiger partial charge on any atom is -0.391 e. The molecular formula is C16H30N2O. The van der Waals surface area contributed by atoms with Crippen LogP contribution in [0.5, 0.6) is 0 Å². The summed E-state index contributed by atoms with van der Waals surface area (Å²) in [5, 5.41) is 10.5. The lowest BCUT2D eigenvalue weighted by Crippen LogP contribution is -2.47. The topological polar surface area (TPSA) is 26.7 Å². The molecule has 3 aliphatic rings. The van der Waals surface area contributed by atoms with Gasteiger partial charge in [-0.25, -0.2) is 0 Å². The van der Waals surface area contributed by atoms with Gasteiger partial charge in [0, 0.05) is 18.6 Å². The molecule has 0 spiro atoms. The molecule has 3 heteroatoms. The molecule has 1 N–H and O–H groups in total. The molecule has 3 unspecified atom stereocenters. The van der Waals surface area contributed by atoms with Gasteiger partial charge in [-0.1, -0.05) is 25.7 Å². The highest BCUT2D eigenvalue weighted by Crippen LogP contribution is 2.27. The minimum atomic E-state index is -0.0757. The molecule has 0 aromatic heterocycles. The second kappa shape index (κ2) is 6.55. The van der Waals surface area contributed by atoms with E-state index < -0.39 is 0 Å². The molecule has 3 rings (SSSR count). The van der Waals surface area contributed by atoms with Crippen LogP contribution >= 0.6 is 0 Å². The Morgan fingerprint density at radius 3 is 2.32 bits per heavy atom. The molecule has 1 saturated carbocycles. The summed E-state index contributed by atoms with van der Waals surface area (Å²) in [7, 11) is 0. The monoisotopic (exact) mass is 266 g/mol. The van der Waals surface area contributed by atoms with Gasteiger partial charge in [-0.15, -0.1) is 0 Å². The molecule has 1 aliphatic carbocycles. The van der Waals surface area contributed by atoms with E-state index in [-0.39, 0.29) is 6.10 Å². The quantitative estimate of drug-likeness (QED) is 0.788. The summed E-state index contributed by atoms with van der Waals surface area (Å²) in [6.07, 6.45) is 11.4. The van der Waals surface area contributed by atoms with Gasteiger partial charge in [0.05, 0.1) is 6.10 Å². The predicted molar refractivity (Wildman–Crippen MR) is 78.3 cm³/mol. The summed E-state index contributed by atoms with van der Waals surface area (Å²) in [6.45, 7) is 5.01. The highest BCUT2D eigenvalue weighted by molar-refractivity contribution is 4.89. The molecule has 2 saturated heterocycles. The molecule has 110 valence electrons. The zero-order valence-corrected chi connectivity index (χ0v) is 12.3. The Bertz CT molecular complexity index is 284. The third-order valence-electron chi connectivity index (χ3n) is 5.50. The Labute approximate surface area is 118 Å². The molecule has 2 aliphatic heterocycles. The molecule has 0 radical (unpaired) electrons. The highest BCUT2D eigenvalue weighted by atomic mass is 16.3. The van der Waals surface area contributed by atoms with Crippen molar-refractivity contribution in [3.05, 3.63) is 0 Å². The van der Waals surface area contributed by atoms with Gasteiger partial charge in [0.15, 0.2) is 0 Å². The van der Waals surface area contributed by atoms with Crippen LogP contribution in [0.15, 0.2) is 0 Å². The Morgan fingerprint density at radius 1 is 0.684 bits per heavy atom. The van der Waals surface area contributed by atoms with Crippen LogP contribution in [0, 0.1) is 0 Å². The van der Waals surface area contributed by atoms with Crippen LogP contribution in [0.2, 0.25) is 0 Å². The van der Waals surface area contributed by atoms with Crippen molar-refractivity contribution in [2.24, 2.45) is 0 Å². The lowest BCUT2D eigenvalue weighted by Gasteiger charge is -2.37. The van der Waals surface area contributed by atoms with Crippen LogP contribution in [0.25, 0.3) is 0 Å². The summed E-state index contributed by atoms with van der Waals surface area (Å²) in [6, 6.07) is 1.22. The van der Waals surface area contributed by atoms with Crippen molar-refractivity contribution in [1.82, 2.24) is 9.80 Å². The maximum Gasteiger partial charge on any atom is 0.0695 e. The predicted octanol–water partition coefficient (Wildman–Crippen LogP) is 2.24. The number of rotatable bonds is 1. The maximum atomic E-state index is 10.5. The van der Waals surface area contributed by atoms with Crippen LogP contribution in [0.1, 0.15) is 57.8 Å². The van der Waals surface area contributed by atoms with Crippen molar-refractivity contribution in [2.45, 2.75) is 76.0 Å². The lowest BCUT2D eigenvalue weighted by molar-refractivity contribution is 0.0281. The molecule has 3 fully saturated rings. The van der Waals surface area contributed by atoms with Gasteiger partial charge < -0.3 is 5.11 Å². The first-order valence-corrected chi connectivity index (χ1v) is 8.51. The molecule has 0 bridgehead atoms. The van der Waals surface area contributed by atoms with E-state index in [2.05, 4.69) is 9.80 Å². The van der Waals surface area contributed by atoms with Gasteiger partial charge in [-0.2, -0.15) is 0 Å². The average Bonchev–Trinajstić information content (AvgIpc) is 2.73. The van der Waals surface area contributed by atoms with Gasteiger partial charge in [-0.05, 0) is 51.7 Å². The van der Waals surface area contributed by atoms with Gasteiger partial charge in [-0.3, -0.25) is 9.80 Å². The fourth-order valence-corrected chi connectivity index (χ4v) is 4.41. The lowest BCUT2D eigenvalue weighted by atomic mass is 9.92. The zero-order valence-electron chi connectivity index (χ0n) is 12.3. The number of fused-ring (bicyclic) bond motifs is 1. The summed E-state index contributed by atoms with van der Waals surface area (Å²) >= 11 is 0. The number of hydrogen-bond donors (Lipinski definition) is 1. The molecule has 0 aromatic rings. The van der Waals surface area contributed by atoms with Crippen LogP contribution in [0.4, 0.5) is 0 Å². The van der Waals surface area contributed by atoms with Gasteiger partial charge >= 0.3 is 0 Å². The van der Waals surface area contributed by atoms with Crippen LogP contribution in [-0.4, -0.2) is 59.3 Å². The Kier molecular flexibility index (Phi) is 4.78. The van der Waals surface area contributed by atoms with Crippen molar-refractivity contribution in [2.75, 3.05) is 26.2 Å². The minimum absolute atomic E-state index is 0.0757. The number of hydrogen-bond acceptors (Lipinski definition) is 3. The first-order chi connectivity index (χ1) is 9.34. The summed E-state index contributed by atoms with van der Waals surface area (Å²) in [5.41, 5.74) is 0. The largest absolute Gasteiger partial charge is 0.391 e. The zero-order chi connectivity index (χ0) is 13.1. The van der Waals surface area contributed by atoms with Crippen molar-refractivity contribution in [3.63, 3.8) is 0 Å². The van der Waals surface area contributed by atoms with E-state index in [1.165, 1.54) is 77.5 Å². The highest BCUT2D eigenvalue weighted by Gasteiger charge is 2.33. The van der Waals surface area contributed by atoms with Crippen LogP contribution < -0.4 is 0 Å². The molecule has 0 amide bonds. The molecule has 19 heavy (non-hydrogen) atoms. The van der Waals surface area contributed by atoms with E-state index in [0.29, 0.717) is 6.04 Å². The van der Waals surface area contributed by atoms with Gasteiger partial charge in [0.2, 0.25) is 0 Å². The Morgan fingerprint density at radius 2 is 1.42 bits per heavy atom. The smallest absolute Gasteiger partial charge is 0.0695 e. The van der Waals surface area contributed by atoms with Crippen molar-refractivity contribution in [1.29, 1.82) is 0 Å². The Hall–Kier alpha value is -0.120. The normalized spacial score (nSPS) is 39.3. The number of aliphatic hydroxyl groups is 1. The van der Waals surface area contributed by atoms with E-state index in [0.717, 1.165) is 12.5 Å². The third kappa shape index (κ3) is 3.32. The standard InChI is InChI=1S/C16H30N2O/c19-16-9-4-2-1-3-8-15(16)18-12-6-11-17-10-5-7-14(17)13-18/h14-16,19H,1-13H2. The second-order valence-corrected chi connectivity index (χ2v) is 6.81. The third-order valence-corrected chi connectivity index (χ3v) is 5.50. The second-order valence-electron chi connectivity index (χ2n) is 6.81. The van der Waals surface area contributed by atoms with Crippen molar-refractivity contribution >= 4 is 0 Å². The summed E-state index contributed by atoms with van der Waals surface area (Å²) < 4.78 is 0. The number of nitrogens with zero attached hydrogens (tertiary/aromatic N) is 2. The molecule has 3 atom stereocenters. The van der Waals surface area contributed by atoms with E-state index in [1.807, 2.05) is 0 Å². The summed E-state index contributed by atoms with van der Waals surface area (Å²) in [5.74, 6) is 0. The fourth-order valence-electron chi connectivity index (χ4n) is 4.41. The SMILES string of the molecule is OC1CCCCCCC1N1CCCN2CCCC2C1. The van der Waals surface area contributed by atoms with E-state index in [1.54, 1.807) is 0 Å². The van der Waals surface area contributed by atoms with Crippen molar-refractivity contribution in [3.8, 4) is 0 Å². The molecular weight excluding hydrogens is 236 g/mol. The first-order valence-electron chi connectivity index (χ1n) is 8.51. The first kappa shape index (κ1) is 13.8. The molecule has 3 nitrogen and oxygen atoms in total. The van der Waals surface area contributed by atoms with E-state index in [4.69, 9.17) is 0 Å². The Balaban J connectivity index is 1.64. The molecule has 2 heterocycles. The van der Waals surface area contributed by atoms with Gasteiger partial charge in [0.1, 0.15) is 0 Å².